The van der Waals surface area contributed by atoms with Crippen molar-refractivity contribution in [3.8, 4) is 11.5 Å². The maximum Gasteiger partial charge on any atom is 0.233 e. The number of hydrogen-bond acceptors (Lipinski definition) is 7. The molecule has 8 nitrogen and oxygen atoms in total. The van der Waals surface area contributed by atoms with Gasteiger partial charge in [0.05, 0.1) is 24.4 Å². The van der Waals surface area contributed by atoms with Gasteiger partial charge in [-0.3, -0.25) is 29.0 Å². The Morgan fingerprint density at radius 2 is 1.47 bits per heavy atom. The van der Waals surface area contributed by atoms with Crippen LogP contribution >= 0.6 is 0 Å². The van der Waals surface area contributed by atoms with Crippen molar-refractivity contribution in [1.82, 2.24) is 9.80 Å². The van der Waals surface area contributed by atoms with Crippen LogP contribution in [-0.4, -0.2) is 64.5 Å². The number of piperidine rings is 1. The lowest BCUT2D eigenvalue weighted by molar-refractivity contribution is -0.144. The highest BCUT2D eigenvalue weighted by Gasteiger charge is 2.66. The lowest BCUT2D eigenvalue weighted by atomic mass is 9.44. The molecule has 2 aliphatic heterocycles. The molecule has 0 spiro atoms. The third kappa shape index (κ3) is 5.60. The molecule has 55 heavy (non-hydrogen) atoms. The number of nitrogens with zero attached hydrogens (tertiary/aromatic N) is 2. The van der Waals surface area contributed by atoms with Gasteiger partial charge in [0.25, 0.3) is 0 Å². The Kier molecular flexibility index (Phi) is 8.89. The molecule has 4 aromatic rings. The van der Waals surface area contributed by atoms with Crippen LogP contribution in [0.5, 0.6) is 11.5 Å². The average Bonchev–Trinajstić information content (AvgIpc) is 3.48. The topological polar surface area (TPSA) is 104 Å². The van der Waals surface area contributed by atoms with Gasteiger partial charge in [0.15, 0.2) is 23.1 Å². The molecule has 278 valence electrons. The van der Waals surface area contributed by atoms with Gasteiger partial charge < -0.3 is 9.84 Å². The van der Waals surface area contributed by atoms with Crippen LogP contribution in [0.2, 0.25) is 0 Å². The first-order chi connectivity index (χ1) is 26.8. The number of phenolic OH excluding ortho intramolecular Hbond substituents is 1. The summed E-state index contributed by atoms with van der Waals surface area (Å²) in [4.78, 5) is 63.6. The fourth-order valence-corrected chi connectivity index (χ4v) is 10.7. The van der Waals surface area contributed by atoms with Crippen LogP contribution in [0.4, 0.5) is 0 Å². The first kappa shape index (κ1) is 35.1. The lowest BCUT2D eigenvalue weighted by Crippen LogP contribution is -2.58. The Balaban J connectivity index is 1.13. The Morgan fingerprint density at radius 1 is 0.800 bits per heavy atom. The zero-order valence-corrected chi connectivity index (χ0v) is 30.8. The lowest BCUT2D eigenvalue weighted by Gasteiger charge is -2.55. The summed E-state index contributed by atoms with van der Waals surface area (Å²) in [6.45, 7) is 2.41. The average molecular weight is 733 g/mol. The molecule has 3 aliphatic carbocycles. The molecule has 0 unspecified atom stereocenters. The molecule has 9 rings (SSSR count). The van der Waals surface area contributed by atoms with Crippen LogP contribution in [0.3, 0.4) is 0 Å². The molecule has 0 radical (unpaired) electrons. The summed E-state index contributed by atoms with van der Waals surface area (Å²) in [5.74, 6) is -3.51. The normalized spacial score (nSPS) is 28.2. The van der Waals surface area contributed by atoms with Crippen LogP contribution in [0.25, 0.3) is 5.57 Å². The Morgan fingerprint density at radius 3 is 2.16 bits per heavy atom. The predicted octanol–water partition coefficient (Wildman–Crippen LogP) is 6.89. The van der Waals surface area contributed by atoms with Gasteiger partial charge in [0, 0.05) is 43.1 Å². The van der Waals surface area contributed by atoms with Crippen molar-refractivity contribution in [3.63, 3.8) is 0 Å². The molecule has 2 heterocycles. The Labute approximate surface area is 321 Å². The highest BCUT2D eigenvalue weighted by molar-refractivity contribution is 6.31. The van der Waals surface area contributed by atoms with Crippen molar-refractivity contribution in [2.24, 2.45) is 23.7 Å². The van der Waals surface area contributed by atoms with Crippen LogP contribution < -0.4 is 4.74 Å². The number of hydrogen-bond donors (Lipinski definition) is 1. The van der Waals surface area contributed by atoms with Gasteiger partial charge in [0.2, 0.25) is 11.8 Å². The number of likely N-dealkylation sites (tertiary alicyclic amines) is 2. The second-order valence-corrected chi connectivity index (χ2v) is 15.8. The number of phenols is 1. The number of imide groups is 1. The zero-order chi connectivity index (χ0) is 37.8. The highest BCUT2D eigenvalue weighted by Crippen LogP contribution is 2.64. The summed E-state index contributed by atoms with van der Waals surface area (Å²) in [6, 6.07) is 34.1. The van der Waals surface area contributed by atoms with E-state index in [1.807, 2.05) is 78.9 Å². The van der Waals surface area contributed by atoms with E-state index in [2.05, 4.69) is 23.1 Å². The molecular formula is C47H44N2O6. The van der Waals surface area contributed by atoms with Crippen molar-refractivity contribution in [2.75, 3.05) is 20.2 Å². The van der Waals surface area contributed by atoms with E-state index in [-0.39, 0.29) is 47.3 Å². The minimum atomic E-state index is -1.34. The van der Waals surface area contributed by atoms with Crippen molar-refractivity contribution in [1.29, 1.82) is 0 Å². The van der Waals surface area contributed by atoms with E-state index in [0.717, 1.165) is 30.8 Å². The molecule has 6 atom stereocenters. The number of ketones is 2. The summed E-state index contributed by atoms with van der Waals surface area (Å²) in [5, 5.41) is 10.7. The number of carbonyl (C=O) groups is 4. The summed E-state index contributed by atoms with van der Waals surface area (Å²) in [5.41, 5.74) is 3.25. The van der Waals surface area contributed by atoms with Crippen molar-refractivity contribution >= 4 is 29.0 Å². The minimum absolute atomic E-state index is 0.0408. The summed E-state index contributed by atoms with van der Waals surface area (Å²) in [6.07, 6.45) is 5.66. The fourth-order valence-electron chi connectivity index (χ4n) is 10.7. The number of rotatable bonds is 7. The fraction of sp³-hybridized carbons (Fsp3) is 0.319. The quantitative estimate of drug-likeness (QED) is 0.163. The maximum atomic E-state index is 15.2. The molecule has 4 aromatic carbocycles. The van der Waals surface area contributed by atoms with Gasteiger partial charge in [-0.15, -0.1) is 0 Å². The Bertz CT molecular complexity index is 2230. The number of amides is 2. The minimum Gasteiger partial charge on any atom is -0.504 e. The molecular weight excluding hydrogens is 689 g/mol. The first-order valence-electron chi connectivity index (χ1n) is 19.4. The summed E-state index contributed by atoms with van der Waals surface area (Å²) in [7, 11) is 1.48. The van der Waals surface area contributed by atoms with Gasteiger partial charge >= 0.3 is 0 Å². The van der Waals surface area contributed by atoms with Crippen LogP contribution in [0.15, 0.2) is 127 Å². The molecule has 3 fully saturated rings. The van der Waals surface area contributed by atoms with Gasteiger partial charge in [-0.05, 0) is 72.1 Å². The molecule has 2 amide bonds. The van der Waals surface area contributed by atoms with Crippen molar-refractivity contribution in [3.05, 3.63) is 149 Å². The van der Waals surface area contributed by atoms with Gasteiger partial charge in [0.1, 0.15) is 0 Å². The number of fused-ring (bicyclic) bond motifs is 4. The largest absolute Gasteiger partial charge is 0.504 e. The third-order valence-electron chi connectivity index (χ3n) is 13.1. The molecule has 0 bridgehead atoms. The number of methoxy groups -OCH3 is 1. The van der Waals surface area contributed by atoms with Crippen LogP contribution in [-0.2, 0) is 31.1 Å². The predicted molar refractivity (Wildman–Crippen MR) is 208 cm³/mol. The van der Waals surface area contributed by atoms with Crippen molar-refractivity contribution < 1.29 is 29.0 Å². The molecule has 8 heteroatoms. The summed E-state index contributed by atoms with van der Waals surface area (Å²) < 4.78 is 5.59. The highest BCUT2D eigenvalue weighted by atomic mass is 16.5. The number of ether oxygens (including phenoxy) is 1. The molecule has 2 saturated heterocycles. The smallest absolute Gasteiger partial charge is 0.233 e. The number of allylic oxidation sites excluding steroid dienone is 4. The number of carbonyl (C=O) groups excluding carboxylic acids is 4. The van der Waals surface area contributed by atoms with Crippen LogP contribution in [0.1, 0.15) is 53.9 Å². The molecule has 5 aliphatic rings. The number of aromatic hydroxyl groups is 1. The van der Waals surface area contributed by atoms with E-state index in [9.17, 15) is 14.7 Å². The number of benzene rings is 4. The van der Waals surface area contributed by atoms with E-state index >= 15 is 9.59 Å². The first-order valence-corrected chi connectivity index (χ1v) is 19.4. The number of Topliss-reactive ketones (excluding diaryl/α,β-unsaturated/α-hetero) is 1. The zero-order valence-electron chi connectivity index (χ0n) is 30.8. The third-order valence-corrected chi connectivity index (χ3v) is 13.1. The summed E-state index contributed by atoms with van der Waals surface area (Å²) >= 11 is 0. The maximum absolute atomic E-state index is 15.2. The van der Waals surface area contributed by atoms with Gasteiger partial charge in [-0.1, -0.05) is 109 Å². The van der Waals surface area contributed by atoms with E-state index in [1.165, 1.54) is 18.7 Å². The van der Waals surface area contributed by atoms with E-state index in [0.29, 0.717) is 36.0 Å². The second-order valence-electron chi connectivity index (χ2n) is 15.8. The van der Waals surface area contributed by atoms with E-state index in [4.69, 9.17) is 4.74 Å². The molecule has 1 saturated carbocycles. The monoisotopic (exact) mass is 732 g/mol. The van der Waals surface area contributed by atoms with Gasteiger partial charge in [-0.25, -0.2) is 0 Å². The van der Waals surface area contributed by atoms with Crippen LogP contribution in [0, 0.1) is 23.7 Å². The van der Waals surface area contributed by atoms with E-state index < -0.39 is 35.0 Å². The molecule has 1 N–H and O–H groups in total. The SMILES string of the molecule is COc1cc([C@H]2C3=CC[C@@H]4C(=O)N(C5CCN(Cc6ccccc6)CC5)C(=O)[C@@H]4[C@@H]3C[C@H]3C(=O)C(c4ccccc4)=CC(=O)[C@@]23c2ccccc2)ccc1O. The second kappa shape index (κ2) is 13.9. The van der Waals surface area contributed by atoms with Gasteiger partial charge in [-0.2, -0.15) is 0 Å². The Hall–Kier alpha value is -5.60. The standard InChI is InChI=1S/C47H44N2O6/c1-55-40-25-31(17-20-39(40)50)43-34-18-19-35-42(46(54)49(45(35)53)33-21-23-48(24-22-33)28-29-11-5-2-6-12-29)37(34)26-38-44(52)36(30-13-7-3-8-14-30)27-41(51)47(38,43)32-15-9-4-10-16-32/h2-18,20,25,27,33,35,37-38,42-43,50H,19,21-24,26,28H2,1H3/t35-,37+,38-,42-,43-,47-/m0/s1. The van der Waals surface area contributed by atoms with Crippen molar-refractivity contribution in [2.45, 2.75) is 49.6 Å². The van der Waals surface area contributed by atoms with E-state index in [1.54, 1.807) is 23.1 Å². The molecule has 0 aromatic heterocycles.